The molecule has 0 spiro atoms. The largest absolute Gasteiger partial charge is 0.507 e. The number of nitrogens with one attached hydrogen (secondary N) is 2. The molecule has 7 heterocycles. The topological polar surface area (TPSA) is 155 Å². The molecule has 1 unspecified atom stereocenters. The number of piperidine rings is 3. The first kappa shape index (κ1) is 34.3. The summed E-state index contributed by atoms with van der Waals surface area (Å²) in [4.78, 5) is 60.9. The molecule has 1 saturated carbocycles. The minimum atomic E-state index is -1.28. The van der Waals surface area contributed by atoms with Gasteiger partial charge in [0.1, 0.15) is 17.5 Å². The second-order valence-electron chi connectivity index (χ2n) is 16.5. The molecule has 0 radical (unpaired) electrons. The number of rotatable bonds is 7. The van der Waals surface area contributed by atoms with E-state index in [0.29, 0.717) is 67.5 Å². The average Bonchev–Trinajstić information content (AvgIpc) is 3.49. The molecule has 10 rings (SSSR count). The fraction of sp³-hybridized carbons (Fsp3) is 0.500. The molecule has 0 bridgehead atoms. The van der Waals surface area contributed by atoms with Crippen LogP contribution in [0.2, 0.25) is 0 Å². The molecular weight excluding hydrogens is 705 g/mol. The van der Waals surface area contributed by atoms with E-state index >= 15 is 4.39 Å². The Bertz CT molecular complexity index is 2100. The highest BCUT2D eigenvalue weighted by atomic mass is 19.1. The second-order valence-corrected chi connectivity index (χ2v) is 16.5. The Morgan fingerprint density at radius 2 is 1.64 bits per heavy atom. The Labute approximate surface area is 317 Å². The molecule has 55 heavy (non-hydrogen) atoms. The van der Waals surface area contributed by atoms with Gasteiger partial charge in [0.05, 0.1) is 28.6 Å². The highest BCUT2D eigenvalue weighted by molar-refractivity contribution is 6.23. The van der Waals surface area contributed by atoms with Crippen LogP contribution in [0.4, 0.5) is 21.6 Å². The first-order chi connectivity index (χ1) is 26.6. The van der Waals surface area contributed by atoms with Crippen LogP contribution >= 0.6 is 0 Å². The van der Waals surface area contributed by atoms with E-state index in [-0.39, 0.29) is 29.7 Å². The number of phenols is 1. The highest BCUT2D eigenvalue weighted by Crippen LogP contribution is 2.53. The Kier molecular flexibility index (Phi) is 8.10. The zero-order valence-electron chi connectivity index (χ0n) is 30.5. The first-order valence-electron chi connectivity index (χ1n) is 19.5. The summed E-state index contributed by atoms with van der Waals surface area (Å²) in [7, 11) is 0. The molecule has 6 aliphatic heterocycles. The SMILES string of the molecule is O=C1CCC(N2C(=O)c3ccc(N4CCC(F)(CN5C[C@@H]6[C@@H](CN7CCN8c9cc(-c%10ccccc%10O)nnc9NC[C@H]8C7)[C@@H]6C5)CC4)cc3C2=O)C(=O)N1. The van der Waals surface area contributed by atoms with E-state index in [1.807, 2.05) is 18.2 Å². The summed E-state index contributed by atoms with van der Waals surface area (Å²) in [5.74, 6) is 0.773. The van der Waals surface area contributed by atoms with Crippen LogP contribution in [0.1, 0.15) is 46.4 Å². The maximum atomic E-state index is 16.3. The van der Waals surface area contributed by atoms with Gasteiger partial charge in [0, 0.05) is 96.0 Å². The molecule has 5 fully saturated rings. The predicted octanol–water partition coefficient (Wildman–Crippen LogP) is 2.35. The first-order valence-corrected chi connectivity index (χ1v) is 19.5. The van der Waals surface area contributed by atoms with Gasteiger partial charge in [0.2, 0.25) is 11.8 Å². The summed E-state index contributed by atoms with van der Waals surface area (Å²) < 4.78 is 16.3. The number of amides is 4. The van der Waals surface area contributed by atoms with E-state index in [0.717, 1.165) is 67.9 Å². The van der Waals surface area contributed by atoms with Crippen LogP contribution in [0.3, 0.4) is 0 Å². The van der Waals surface area contributed by atoms with Crippen molar-refractivity contribution >= 4 is 40.8 Å². The van der Waals surface area contributed by atoms with Crippen molar-refractivity contribution in [1.29, 1.82) is 0 Å². The molecule has 7 aliphatic rings. The van der Waals surface area contributed by atoms with Gasteiger partial charge in [-0.15, -0.1) is 10.2 Å². The van der Waals surface area contributed by atoms with Crippen molar-refractivity contribution in [3.63, 3.8) is 0 Å². The van der Waals surface area contributed by atoms with Crippen LogP contribution < -0.4 is 20.4 Å². The van der Waals surface area contributed by atoms with Crippen LogP contribution in [-0.4, -0.2) is 137 Å². The van der Waals surface area contributed by atoms with Crippen molar-refractivity contribution < 1.29 is 28.7 Å². The summed E-state index contributed by atoms with van der Waals surface area (Å²) in [5.41, 5.74) is 2.34. The zero-order valence-corrected chi connectivity index (χ0v) is 30.5. The van der Waals surface area contributed by atoms with Crippen LogP contribution in [0.25, 0.3) is 11.3 Å². The fourth-order valence-corrected chi connectivity index (χ4v) is 10.2. The van der Waals surface area contributed by atoms with Crippen molar-refractivity contribution in [1.82, 2.24) is 30.2 Å². The number of piperazine rings is 1. The van der Waals surface area contributed by atoms with E-state index in [1.54, 1.807) is 30.3 Å². The number of carbonyl (C=O) groups is 4. The summed E-state index contributed by atoms with van der Waals surface area (Å²) in [6.07, 6.45) is 0.954. The van der Waals surface area contributed by atoms with Crippen LogP contribution in [-0.2, 0) is 9.59 Å². The average molecular weight is 750 g/mol. The molecule has 2 aromatic carbocycles. The van der Waals surface area contributed by atoms with E-state index in [2.05, 4.69) is 40.4 Å². The lowest BCUT2D eigenvalue weighted by atomic mass is 9.92. The van der Waals surface area contributed by atoms with E-state index in [4.69, 9.17) is 0 Å². The molecule has 4 amide bonds. The Morgan fingerprint density at radius 3 is 2.42 bits per heavy atom. The number of likely N-dealkylation sites (tertiary alicyclic amines) is 1. The summed E-state index contributed by atoms with van der Waals surface area (Å²) in [6, 6.07) is 13.7. The number of para-hydroxylation sites is 1. The number of imide groups is 2. The number of alkyl halides is 1. The highest BCUT2D eigenvalue weighted by Gasteiger charge is 2.57. The predicted molar refractivity (Wildman–Crippen MR) is 201 cm³/mol. The molecular formula is C40H44FN9O5. The quantitative estimate of drug-likeness (QED) is 0.304. The maximum Gasteiger partial charge on any atom is 0.262 e. The maximum absolute atomic E-state index is 16.3. The smallest absolute Gasteiger partial charge is 0.262 e. The molecule has 3 N–H and O–H groups in total. The standard InChI is InChI=1S/C40H44FN9O5/c41-40(9-11-48(12-10-40)23-5-6-25-27(15-23)39(55)50(38(25)54)32-7-8-35(52)43-37(32)53)22-47-20-29-28(30(29)21-47)19-46-13-14-49-24(18-46)17-42-36-33(49)16-31(44-45-36)26-3-1-2-4-34(26)51/h1-6,15-16,24,28-30,32,51H,7-14,17-22H2,(H,42,45)(H,43,52,53)/t24-,28-,29-,30+,32?/m0/s1. The third kappa shape index (κ3) is 5.98. The molecule has 1 aliphatic carbocycles. The van der Waals surface area contributed by atoms with Gasteiger partial charge in [0.15, 0.2) is 5.82 Å². The second kappa shape index (κ2) is 13.0. The molecule has 5 atom stereocenters. The number of benzene rings is 2. The monoisotopic (exact) mass is 749 g/mol. The molecule has 286 valence electrons. The van der Waals surface area contributed by atoms with Gasteiger partial charge in [0.25, 0.3) is 11.8 Å². The third-order valence-electron chi connectivity index (χ3n) is 13.2. The van der Waals surface area contributed by atoms with Gasteiger partial charge in [-0.3, -0.25) is 39.2 Å². The van der Waals surface area contributed by atoms with E-state index in [1.165, 1.54) is 0 Å². The lowest BCUT2D eigenvalue weighted by Gasteiger charge is -2.46. The van der Waals surface area contributed by atoms with Crippen LogP contribution in [0.5, 0.6) is 5.75 Å². The molecule has 3 aromatic rings. The number of anilines is 3. The Morgan fingerprint density at radius 1 is 0.855 bits per heavy atom. The summed E-state index contributed by atoms with van der Waals surface area (Å²) in [6.45, 7) is 8.08. The number of carbonyl (C=O) groups excluding carboxylic acids is 4. The number of aromatic nitrogens is 2. The van der Waals surface area contributed by atoms with Gasteiger partial charge in [-0.05, 0) is 60.6 Å². The molecule has 4 saturated heterocycles. The summed E-state index contributed by atoms with van der Waals surface area (Å²) >= 11 is 0. The van der Waals surface area contributed by atoms with Crippen LogP contribution in [0, 0.1) is 17.8 Å². The number of hydrogen-bond acceptors (Lipinski definition) is 12. The van der Waals surface area contributed by atoms with Crippen molar-refractivity contribution in [2.45, 2.75) is 43.4 Å². The zero-order chi connectivity index (χ0) is 37.6. The fourth-order valence-electron chi connectivity index (χ4n) is 10.2. The third-order valence-corrected chi connectivity index (χ3v) is 13.2. The Balaban J connectivity index is 0.702. The van der Waals surface area contributed by atoms with Crippen LogP contribution in [0.15, 0.2) is 48.5 Å². The normalized spacial score (nSPS) is 28.7. The van der Waals surface area contributed by atoms with Crippen molar-refractivity contribution in [3.05, 3.63) is 59.7 Å². The molecule has 14 nitrogen and oxygen atoms in total. The molecule has 1 aromatic heterocycles. The molecule has 15 heteroatoms. The van der Waals surface area contributed by atoms with E-state index in [9.17, 15) is 24.3 Å². The number of phenolic OH excluding ortho intramolecular Hbond substituents is 1. The van der Waals surface area contributed by atoms with Gasteiger partial charge in [-0.1, -0.05) is 12.1 Å². The van der Waals surface area contributed by atoms with E-state index < -0.39 is 35.3 Å². The van der Waals surface area contributed by atoms with Gasteiger partial charge in [-0.2, -0.15) is 0 Å². The lowest BCUT2D eigenvalue weighted by Crippen LogP contribution is -2.58. The number of aromatic hydroxyl groups is 1. The Hall–Kier alpha value is -5.15. The van der Waals surface area contributed by atoms with Crippen molar-refractivity contribution in [2.24, 2.45) is 17.8 Å². The van der Waals surface area contributed by atoms with Gasteiger partial charge >= 0.3 is 0 Å². The number of halogens is 1. The number of fused-ring (bicyclic) bond motifs is 5. The van der Waals surface area contributed by atoms with Gasteiger partial charge in [-0.25, -0.2) is 4.39 Å². The number of hydrogen-bond donors (Lipinski definition) is 3. The summed E-state index contributed by atoms with van der Waals surface area (Å²) in [5, 5.41) is 24.9. The lowest BCUT2D eigenvalue weighted by molar-refractivity contribution is -0.136. The minimum Gasteiger partial charge on any atom is -0.507 e. The van der Waals surface area contributed by atoms with Gasteiger partial charge < -0.3 is 20.2 Å². The van der Waals surface area contributed by atoms with Crippen molar-refractivity contribution in [2.75, 3.05) is 80.6 Å². The number of nitrogens with zero attached hydrogens (tertiary/aromatic N) is 7. The minimum absolute atomic E-state index is 0.0714. The van der Waals surface area contributed by atoms with Crippen molar-refractivity contribution in [3.8, 4) is 17.0 Å².